The van der Waals surface area contributed by atoms with Crippen LogP contribution in [-0.2, 0) is 6.18 Å². The van der Waals surface area contributed by atoms with Crippen LogP contribution in [0.3, 0.4) is 0 Å². The largest absolute Gasteiger partial charge is 0.417 e. The maximum atomic E-state index is 13.5. The van der Waals surface area contributed by atoms with E-state index in [2.05, 4.69) is 15.1 Å². The van der Waals surface area contributed by atoms with Crippen LogP contribution in [0.15, 0.2) is 16.1 Å². The number of alkyl halides is 3. The second-order valence-electron chi connectivity index (χ2n) is 6.89. The van der Waals surface area contributed by atoms with Crippen LogP contribution < -0.4 is 0 Å². The Labute approximate surface area is 162 Å². The zero-order valence-corrected chi connectivity index (χ0v) is 16.0. The number of amides is 1. The van der Waals surface area contributed by atoms with Crippen molar-refractivity contribution in [3.05, 3.63) is 39.1 Å². The molecule has 0 saturated carbocycles. The highest BCUT2D eigenvalue weighted by Gasteiger charge is 2.38. The van der Waals surface area contributed by atoms with Crippen LogP contribution in [0.4, 0.5) is 13.2 Å². The van der Waals surface area contributed by atoms with Gasteiger partial charge >= 0.3 is 6.18 Å². The summed E-state index contributed by atoms with van der Waals surface area (Å²) in [6.07, 6.45) is -3.50. The zero-order chi connectivity index (χ0) is 20.1. The van der Waals surface area contributed by atoms with Gasteiger partial charge in [-0.2, -0.15) is 13.2 Å². The van der Waals surface area contributed by atoms with Crippen molar-refractivity contribution in [2.75, 3.05) is 13.1 Å². The van der Waals surface area contributed by atoms with Crippen LogP contribution in [0.5, 0.6) is 0 Å². The summed E-state index contributed by atoms with van der Waals surface area (Å²) in [5.41, 5.74) is 1.95. The summed E-state index contributed by atoms with van der Waals surface area (Å²) < 4.78 is 45.7. The molecule has 0 N–H and O–H groups in total. The molecular formula is C18H17F3N4O2S. The summed E-state index contributed by atoms with van der Waals surface area (Å²) >= 11 is 1.29. The summed E-state index contributed by atoms with van der Waals surface area (Å²) in [5.74, 6) is -0.310. The minimum atomic E-state index is -4.52. The Balaban J connectivity index is 1.59. The number of aryl methyl sites for hydroxylation is 2. The van der Waals surface area contributed by atoms with Gasteiger partial charge in [-0.3, -0.25) is 4.79 Å². The van der Waals surface area contributed by atoms with E-state index in [1.165, 1.54) is 18.3 Å². The number of hydrogen-bond acceptors (Lipinski definition) is 6. The van der Waals surface area contributed by atoms with Gasteiger partial charge in [0.15, 0.2) is 0 Å². The number of pyridine rings is 1. The van der Waals surface area contributed by atoms with E-state index in [0.717, 1.165) is 6.07 Å². The zero-order valence-electron chi connectivity index (χ0n) is 15.2. The third-order valence-corrected chi connectivity index (χ3v) is 5.93. The van der Waals surface area contributed by atoms with Gasteiger partial charge < -0.3 is 9.42 Å². The number of rotatable bonds is 2. The predicted molar refractivity (Wildman–Crippen MR) is 96.3 cm³/mol. The van der Waals surface area contributed by atoms with Gasteiger partial charge in [0.1, 0.15) is 4.88 Å². The van der Waals surface area contributed by atoms with E-state index < -0.39 is 11.7 Å². The molecule has 6 nitrogen and oxygen atoms in total. The summed E-state index contributed by atoms with van der Waals surface area (Å²) in [5, 5.41) is 3.85. The average Bonchev–Trinajstić information content (AvgIpc) is 3.26. The Kier molecular flexibility index (Phi) is 4.60. The number of likely N-dealkylation sites (tertiary alicyclic amines) is 1. The highest BCUT2D eigenvalue weighted by atomic mass is 32.1. The van der Waals surface area contributed by atoms with Crippen molar-refractivity contribution in [2.24, 2.45) is 0 Å². The molecule has 0 radical (unpaired) electrons. The van der Waals surface area contributed by atoms with Crippen LogP contribution in [-0.4, -0.2) is 39.0 Å². The van der Waals surface area contributed by atoms with Crippen molar-refractivity contribution in [3.63, 3.8) is 0 Å². The number of thiazole rings is 1. The van der Waals surface area contributed by atoms with Crippen LogP contribution in [0.25, 0.3) is 11.1 Å². The topological polar surface area (TPSA) is 72.1 Å². The predicted octanol–water partition coefficient (Wildman–Crippen LogP) is 4.33. The summed E-state index contributed by atoms with van der Waals surface area (Å²) in [6, 6.07) is 1.02. The highest BCUT2D eigenvalue weighted by Crippen LogP contribution is 2.40. The molecule has 0 spiro atoms. The molecule has 10 heteroatoms. The molecule has 0 bridgehead atoms. The molecular weight excluding hydrogens is 393 g/mol. The van der Waals surface area contributed by atoms with Gasteiger partial charge in [0, 0.05) is 24.7 Å². The molecule has 4 rings (SSSR count). The molecule has 1 saturated heterocycles. The lowest BCUT2D eigenvalue weighted by Gasteiger charge is -2.31. The van der Waals surface area contributed by atoms with E-state index in [1.54, 1.807) is 17.3 Å². The number of hydrogen-bond donors (Lipinski definition) is 0. The molecule has 3 aromatic heterocycles. The first-order chi connectivity index (χ1) is 13.3. The second-order valence-corrected chi connectivity index (χ2v) is 7.75. The molecule has 1 aliphatic rings. The normalized spacial score (nSPS) is 16.1. The number of carbonyl (C=O) groups is 1. The number of carbonyl (C=O) groups excluding carboxylic acids is 1. The fraction of sp³-hybridized carbons (Fsp3) is 0.444. The van der Waals surface area contributed by atoms with Gasteiger partial charge in [0.05, 0.1) is 27.8 Å². The number of aromatic nitrogens is 3. The second kappa shape index (κ2) is 6.84. The van der Waals surface area contributed by atoms with E-state index in [-0.39, 0.29) is 34.3 Å². The van der Waals surface area contributed by atoms with Crippen molar-refractivity contribution >= 4 is 28.3 Å². The molecule has 1 aliphatic heterocycles. The van der Waals surface area contributed by atoms with Crippen LogP contribution in [0, 0.1) is 13.8 Å². The molecule has 1 amide bonds. The number of piperidine rings is 1. The van der Waals surface area contributed by atoms with E-state index in [9.17, 15) is 18.0 Å². The van der Waals surface area contributed by atoms with Crippen LogP contribution in [0.1, 0.15) is 51.1 Å². The first-order valence-electron chi connectivity index (χ1n) is 8.79. The Morgan fingerprint density at radius 2 is 2.00 bits per heavy atom. The molecule has 0 atom stereocenters. The molecule has 28 heavy (non-hydrogen) atoms. The average molecular weight is 410 g/mol. The van der Waals surface area contributed by atoms with Gasteiger partial charge in [-0.1, -0.05) is 5.16 Å². The number of fused-ring (bicyclic) bond motifs is 1. The quantitative estimate of drug-likeness (QED) is 0.629. The first kappa shape index (κ1) is 18.9. The van der Waals surface area contributed by atoms with Crippen molar-refractivity contribution in [1.82, 2.24) is 20.0 Å². The third kappa shape index (κ3) is 3.25. The Morgan fingerprint density at radius 3 is 2.61 bits per heavy atom. The van der Waals surface area contributed by atoms with Gasteiger partial charge in [-0.05, 0) is 32.8 Å². The molecule has 0 aromatic carbocycles. The van der Waals surface area contributed by atoms with Gasteiger partial charge in [-0.25, -0.2) is 9.97 Å². The number of halogens is 3. The van der Waals surface area contributed by atoms with Crippen molar-refractivity contribution in [2.45, 2.75) is 38.8 Å². The molecule has 3 aromatic rings. The van der Waals surface area contributed by atoms with Crippen molar-refractivity contribution in [3.8, 4) is 0 Å². The van der Waals surface area contributed by atoms with Crippen LogP contribution in [0.2, 0.25) is 0 Å². The lowest BCUT2D eigenvalue weighted by Crippen LogP contribution is -2.38. The Bertz CT molecular complexity index is 1040. The minimum absolute atomic E-state index is 0.0684. The van der Waals surface area contributed by atoms with E-state index in [0.29, 0.717) is 36.5 Å². The molecule has 0 unspecified atom stereocenters. The smallest absolute Gasteiger partial charge is 0.338 e. The van der Waals surface area contributed by atoms with Gasteiger partial charge in [0.2, 0.25) is 0 Å². The summed E-state index contributed by atoms with van der Waals surface area (Å²) in [4.78, 5) is 23.1. The monoisotopic (exact) mass is 410 g/mol. The third-order valence-electron chi connectivity index (χ3n) is 5.01. The fourth-order valence-electron chi connectivity index (χ4n) is 3.61. The maximum absolute atomic E-state index is 13.5. The lowest BCUT2D eigenvalue weighted by molar-refractivity contribution is -0.136. The Morgan fingerprint density at radius 1 is 1.29 bits per heavy atom. The van der Waals surface area contributed by atoms with E-state index in [1.807, 2.05) is 0 Å². The summed E-state index contributed by atoms with van der Waals surface area (Å²) in [6.45, 7) is 4.15. The fourth-order valence-corrected chi connectivity index (χ4v) is 4.37. The maximum Gasteiger partial charge on any atom is 0.417 e. The van der Waals surface area contributed by atoms with E-state index in [4.69, 9.17) is 4.52 Å². The van der Waals surface area contributed by atoms with Crippen molar-refractivity contribution < 1.29 is 22.5 Å². The van der Waals surface area contributed by atoms with Gasteiger partial charge in [-0.15, -0.1) is 11.3 Å². The van der Waals surface area contributed by atoms with E-state index >= 15 is 0 Å². The lowest BCUT2D eigenvalue weighted by atomic mass is 9.90. The SMILES string of the molecule is Cc1cc(C(F)(F)F)c2c(C3CCN(C(=O)c4scnc4C)CC3)noc2n1. The molecule has 0 aliphatic carbocycles. The molecule has 4 heterocycles. The molecule has 1 fully saturated rings. The molecule has 148 valence electrons. The van der Waals surface area contributed by atoms with Crippen LogP contribution >= 0.6 is 11.3 Å². The Hall–Kier alpha value is -2.49. The number of nitrogens with zero attached hydrogens (tertiary/aromatic N) is 4. The first-order valence-corrected chi connectivity index (χ1v) is 9.67. The standard InChI is InChI=1S/C18H17F3N4O2S/c1-9-7-12(18(19,20)21)13-14(24-27-16(13)23-9)11-3-5-25(6-4-11)17(26)15-10(2)22-8-28-15/h7-8,11H,3-6H2,1-2H3. The highest BCUT2D eigenvalue weighted by molar-refractivity contribution is 7.11. The van der Waals surface area contributed by atoms with Crippen molar-refractivity contribution in [1.29, 1.82) is 0 Å². The van der Waals surface area contributed by atoms with Gasteiger partial charge in [0.25, 0.3) is 11.6 Å². The summed E-state index contributed by atoms with van der Waals surface area (Å²) in [7, 11) is 0. The minimum Gasteiger partial charge on any atom is -0.338 e.